The second-order valence-corrected chi connectivity index (χ2v) is 8.80. The molecule has 1 aromatic rings. The molecular formula is C21H36IN5O5. The van der Waals surface area contributed by atoms with E-state index in [1.165, 1.54) is 6.26 Å². The average molecular weight is 565 g/mol. The van der Waals surface area contributed by atoms with Crippen molar-refractivity contribution in [1.82, 2.24) is 20.9 Å². The first-order valence-electron chi connectivity index (χ1n) is 10.4. The molecule has 32 heavy (non-hydrogen) atoms. The van der Waals surface area contributed by atoms with Crippen LogP contribution in [0.2, 0.25) is 0 Å². The lowest BCUT2D eigenvalue weighted by molar-refractivity contribution is -0.0755. The normalized spacial score (nSPS) is 20.3. The maximum absolute atomic E-state index is 12.8. The third-order valence-corrected chi connectivity index (χ3v) is 4.67. The van der Waals surface area contributed by atoms with Gasteiger partial charge in [-0.1, -0.05) is 0 Å². The number of ether oxygens (including phenoxy) is 2. The molecule has 1 aliphatic rings. The predicted molar refractivity (Wildman–Crippen MR) is 132 cm³/mol. The topological polar surface area (TPSA) is 117 Å². The summed E-state index contributed by atoms with van der Waals surface area (Å²) in [6.45, 7) is 12.4. The lowest BCUT2D eigenvalue weighted by Crippen LogP contribution is -2.54. The highest BCUT2D eigenvalue weighted by Gasteiger charge is 2.49. The molecule has 1 saturated heterocycles. The number of halogens is 1. The molecule has 1 aromatic heterocycles. The van der Waals surface area contributed by atoms with Crippen LogP contribution in [0.5, 0.6) is 0 Å². The van der Waals surface area contributed by atoms with Crippen molar-refractivity contribution in [2.75, 3.05) is 26.7 Å². The van der Waals surface area contributed by atoms with E-state index in [4.69, 9.17) is 13.9 Å². The van der Waals surface area contributed by atoms with Crippen LogP contribution >= 0.6 is 24.0 Å². The number of nitrogens with one attached hydrogen (secondary N) is 3. The molecular weight excluding hydrogens is 529 g/mol. The Hall–Kier alpha value is -2.02. The van der Waals surface area contributed by atoms with Gasteiger partial charge in [0.2, 0.25) is 0 Å². The van der Waals surface area contributed by atoms with E-state index < -0.39 is 17.4 Å². The van der Waals surface area contributed by atoms with Crippen LogP contribution in [0.1, 0.15) is 52.1 Å². The van der Waals surface area contributed by atoms with Gasteiger partial charge in [-0.25, -0.2) is 4.79 Å². The second-order valence-electron chi connectivity index (χ2n) is 8.80. The van der Waals surface area contributed by atoms with Gasteiger partial charge in [0, 0.05) is 26.7 Å². The van der Waals surface area contributed by atoms with Crippen molar-refractivity contribution < 1.29 is 23.5 Å². The molecule has 3 N–H and O–H groups in total. The smallest absolute Gasteiger partial charge is 0.412 e. The van der Waals surface area contributed by atoms with E-state index in [1.807, 2.05) is 41.5 Å². The first kappa shape index (κ1) is 28.0. The molecule has 1 aliphatic heterocycles. The summed E-state index contributed by atoms with van der Waals surface area (Å²) in [5.74, 6) is 0.540. The van der Waals surface area contributed by atoms with Crippen molar-refractivity contribution in [2.24, 2.45) is 4.99 Å². The van der Waals surface area contributed by atoms with Crippen molar-refractivity contribution in [3.8, 4) is 0 Å². The highest BCUT2D eigenvalue weighted by molar-refractivity contribution is 14.0. The number of hydrogen-bond donors (Lipinski definition) is 3. The number of hydrogen-bond acceptors (Lipinski definition) is 6. The standard InChI is InChI=1S/C21H35N5O5.HI/c1-14-15(26(21(5,6)30-14)19(28)31-20(2,3)4)13-25-18(22-7)24-11-10-23-17(27)16-9-8-12-29-16;/h8-9,12,14-15H,10-11,13H2,1-7H3,(H,23,27)(H2,22,24,25);1H. The summed E-state index contributed by atoms with van der Waals surface area (Å²) in [7, 11) is 1.65. The van der Waals surface area contributed by atoms with Crippen molar-refractivity contribution >= 4 is 41.9 Å². The number of amides is 2. The van der Waals surface area contributed by atoms with E-state index in [0.717, 1.165) is 0 Å². The van der Waals surface area contributed by atoms with Crippen molar-refractivity contribution in [2.45, 2.75) is 65.0 Å². The Kier molecular flexibility index (Phi) is 10.3. The fourth-order valence-corrected chi connectivity index (χ4v) is 3.40. The minimum atomic E-state index is -0.790. The maximum atomic E-state index is 12.8. The molecule has 2 heterocycles. The van der Waals surface area contributed by atoms with Crippen LogP contribution in [-0.2, 0) is 9.47 Å². The summed E-state index contributed by atoms with van der Waals surface area (Å²) in [5.41, 5.74) is -1.39. The van der Waals surface area contributed by atoms with E-state index in [2.05, 4.69) is 20.9 Å². The molecule has 2 atom stereocenters. The number of furan rings is 1. The van der Waals surface area contributed by atoms with E-state index in [1.54, 1.807) is 24.1 Å². The zero-order valence-corrected chi connectivity index (χ0v) is 22.2. The predicted octanol–water partition coefficient (Wildman–Crippen LogP) is 2.55. The third-order valence-electron chi connectivity index (χ3n) is 4.67. The van der Waals surface area contributed by atoms with Crippen LogP contribution in [0.25, 0.3) is 0 Å². The van der Waals surface area contributed by atoms with E-state index in [-0.39, 0.29) is 47.8 Å². The lowest BCUT2D eigenvalue weighted by atomic mass is 10.1. The van der Waals surface area contributed by atoms with E-state index in [0.29, 0.717) is 25.6 Å². The highest BCUT2D eigenvalue weighted by Crippen LogP contribution is 2.33. The van der Waals surface area contributed by atoms with Gasteiger partial charge in [-0.3, -0.25) is 14.7 Å². The zero-order valence-electron chi connectivity index (χ0n) is 19.9. The molecule has 2 amide bonds. The van der Waals surface area contributed by atoms with Crippen LogP contribution in [0, 0.1) is 0 Å². The Balaban J connectivity index is 0.00000512. The molecule has 0 saturated carbocycles. The molecule has 0 spiro atoms. The minimum absolute atomic E-state index is 0. The fraction of sp³-hybridized carbons (Fsp3) is 0.667. The largest absolute Gasteiger partial charge is 0.459 e. The minimum Gasteiger partial charge on any atom is -0.459 e. The summed E-state index contributed by atoms with van der Waals surface area (Å²) in [5, 5.41) is 9.11. The number of aliphatic imine (C=N–C) groups is 1. The number of rotatable bonds is 6. The first-order valence-corrected chi connectivity index (χ1v) is 10.4. The van der Waals surface area contributed by atoms with Crippen molar-refractivity contribution in [3.05, 3.63) is 24.2 Å². The Morgan fingerprint density at radius 1 is 1.22 bits per heavy atom. The van der Waals surface area contributed by atoms with Gasteiger partial charge in [-0.15, -0.1) is 24.0 Å². The van der Waals surface area contributed by atoms with Gasteiger partial charge in [0.25, 0.3) is 5.91 Å². The van der Waals surface area contributed by atoms with Crippen LogP contribution in [-0.4, -0.2) is 73.0 Å². The number of carbonyl (C=O) groups is 2. The molecule has 2 unspecified atom stereocenters. The molecule has 182 valence electrons. The van der Waals surface area contributed by atoms with Crippen molar-refractivity contribution in [1.29, 1.82) is 0 Å². The lowest BCUT2D eigenvalue weighted by Gasteiger charge is -2.35. The summed E-state index contributed by atoms with van der Waals surface area (Å²) in [6.07, 6.45) is 0.840. The van der Waals surface area contributed by atoms with Crippen molar-refractivity contribution in [3.63, 3.8) is 0 Å². The Morgan fingerprint density at radius 2 is 1.88 bits per heavy atom. The highest BCUT2D eigenvalue weighted by atomic mass is 127. The quantitative estimate of drug-likeness (QED) is 0.210. The van der Waals surface area contributed by atoms with Crippen LogP contribution in [0.4, 0.5) is 4.79 Å². The van der Waals surface area contributed by atoms with Gasteiger partial charge in [0.05, 0.1) is 18.4 Å². The van der Waals surface area contributed by atoms with Crippen LogP contribution < -0.4 is 16.0 Å². The van der Waals surface area contributed by atoms with Gasteiger partial charge in [-0.05, 0) is 53.7 Å². The number of guanidine groups is 1. The van der Waals surface area contributed by atoms with Gasteiger partial charge in [0.15, 0.2) is 11.7 Å². The van der Waals surface area contributed by atoms with Gasteiger partial charge in [-0.2, -0.15) is 0 Å². The third kappa shape index (κ3) is 7.84. The van der Waals surface area contributed by atoms with Gasteiger partial charge >= 0.3 is 6.09 Å². The SMILES string of the molecule is CN=C(NCCNC(=O)c1ccco1)NCC1C(C)OC(C)(C)N1C(=O)OC(C)(C)C.I. The molecule has 0 aliphatic carbocycles. The molecule has 0 aromatic carbocycles. The molecule has 10 nitrogen and oxygen atoms in total. The molecule has 2 rings (SSSR count). The van der Waals surface area contributed by atoms with Crippen LogP contribution in [0.3, 0.4) is 0 Å². The Morgan fingerprint density at radius 3 is 2.44 bits per heavy atom. The first-order chi connectivity index (χ1) is 14.4. The van der Waals surface area contributed by atoms with Gasteiger partial charge < -0.3 is 29.8 Å². The molecule has 11 heteroatoms. The fourth-order valence-electron chi connectivity index (χ4n) is 3.40. The van der Waals surface area contributed by atoms with E-state index in [9.17, 15) is 9.59 Å². The average Bonchev–Trinajstić information content (AvgIpc) is 3.25. The van der Waals surface area contributed by atoms with Crippen LogP contribution in [0.15, 0.2) is 27.8 Å². The molecule has 1 fully saturated rings. The maximum Gasteiger partial charge on any atom is 0.412 e. The number of carbonyl (C=O) groups excluding carboxylic acids is 2. The van der Waals surface area contributed by atoms with E-state index >= 15 is 0 Å². The zero-order chi connectivity index (χ0) is 23.2. The van der Waals surface area contributed by atoms with Gasteiger partial charge in [0.1, 0.15) is 11.3 Å². The Labute approximate surface area is 206 Å². The molecule has 0 radical (unpaired) electrons. The second kappa shape index (κ2) is 11.7. The Bertz CT molecular complexity index is 776. The summed E-state index contributed by atoms with van der Waals surface area (Å²) in [6, 6.07) is 3.02. The summed E-state index contributed by atoms with van der Waals surface area (Å²) >= 11 is 0. The summed E-state index contributed by atoms with van der Waals surface area (Å²) in [4.78, 5) is 30.5. The summed E-state index contributed by atoms with van der Waals surface area (Å²) < 4.78 is 16.6. The molecule has 0 bridgehead atoms. The number of nitrogens with zero attached hydrogens (tertiary/aromatic N) is 2. The monoisotopic (exact) mass is 565 g/mol.